The number of rotatable bonds is 2. The minimum atomic E-state index is -3.58. The Labute approximate surface area is 110 Å². The van der Waals surface area contributed by atoms with Crippen LogP contribution in [0, 0.1) is 5.82 Å². The number of halogens is 1. The number of aliphatic carboxylic acids is 1. The van der Waals surface area contributed by atoms with E-state index in [1.807, 2.05) is 0 Å². The Morgan fingerprint density at radius 3 is 2.63 bits per heavy atom. The van der Waals surface area contributed by atoms with E-state index < -0.39 is 44.7 Å². The molecule has 0 radical (unpaired) electrons. The number of carbonyl (C=O) groups is 1. The summed E-state index contributed by atoms with van der Waals surface area (Å²) in [5.74, 6) is -2.28. The highest BCUT2D eigenvalue weighted by molar-refractivity contribution is 7.92. The molecule has 7 heteroatoms. The summed E-state index contributed by atoms with van der Waals surface area (Å²) in [6, 6.07) is 3.69. The van der Waals surface area contributed by atoms with E-state index in [0.29, 0.717) is 0 Å². The van der Waals surface area contributed by atoms with Crippen LogP contribution in [-0.2, 0) is 14.6 Å². The third-order valence-corrected chi connectivity index (χ3v) is 5.56. The molecule has 0 saturated carbocycles. The molecule has 2 N–H and O–H groups in total. The van der Waals surface area contributed by atoms with Gasteiger partial charge < -0.3 is 5.11 Å². The first-order valence-electron chi connectivity index (χ1n) is 5.78. The van der Waals surface area contributed by atoms with Crippen molar-refractivity contribution in [2.45, 2.75) is 24.3 Å². The summed E-state index contributed by atoms with van der Waals surface area (Å²) in [5.41, 5.74) is 0.171. The molecule has 3 unspecified atom stereocenters. The Kier molecular flexibility index (Phi) is 3.60. The van der Waals surface area contributed by atoms with E-state index in [-0.39, 0.29) is 5.56 Å². The number of benzene rings is 1. The monoisotopic (exact) mass is 287 g/mol. The molecule has 1 fully saturated rings. The van der Waals surface area contributed by atoms with Crippen LogP contribution in [0.1, 0.15) is 18.5 Å². The quantitative estimate of drug-likeness (QED) is 0.837. The van der Waals surface area contributed by atoms with Gasteiger partial charge >= 0.3 is 5.97 Å². The van der Waals surface area contributed by atoms with Crippen LogP contribution in [0.2, 0.25) is 0 Å². The van der Waals surface area contributed by atoms with Crippen LogP contribution < -0.4 is 5.32 Å². The molecule has 104 valence electrons. The zero-order chi connectivity index (χ0) is 14.2. The lowest BCUT2D eigenvalue weighted by molar-refractivity contribution is -0.139. The molecule has 1 aromatic rings. The van der Waals surface area contributed by atoms with E-state index >= 15 is 0 Å². The average molecular weight is 287 g/mol. The molecule has 5 nitrogen and oxygen atoms in total. The lowest BCUT2D eigenvalue weighted by atomic mass is 10.0. The summed E-state index contributed by atoms with van der Waals surface area (Å²) in [5, 5.41) is 10.8. The normalized spacial score (nSPS) is 29.9. The van der Waals surface area contributed by atoms with Gasteiger partial charge in [0, 0.05) is 5.56 Å². The maximum Gasteiger partial charge on any atom is 0.321 e. The Morgan fingerprint density at radius 2 is 2.05 bits per heavy atom. The first kappa shape index (κ1) is 14.0. The zero-order valence-corrected chi connectivity index (χ0v) is 11.0. The van der Waals surface area contributed by atoms with Crippen molar-refractivity contribution in [1.29, 1.82) is 0 Å². The molecular weight excluding hydrogens is 273 g/mol. The molecule has 0 amide bonds. The number of hydrogen-bond acceptors (Lipinski definition) is 4. The molecule has 2 rings (SSSR count). The lowest BCUT2D eigenvalue weighted by Crippen LogP contribution is -2.54. The average Bonchev–Trinajstić information content (AvgIpc) is 2.33. The fourth-order valence-electron chi connectivity index (χ4n) is 2.20. The fourth-order valence-corrected chi connectivity index (χ4v) is 3.85. The molecule has 0 aromatic heterocycles. The second kappa shape index (κ2) is 4.90. The largest absolute Gasteiger partial charge is 0.480 e. The molecule has 0 bridgehead atoms. The predicted octanol–water partition coefficient (Wildman–Crippen LogP) is 0.727. The number of hydrogen-bond donors (Lipinski definition) is 2. The zero-order valence-electron chi connectivity index (χ0n) is 10.2. The van der Waals surface area contributed by atoms with Crippen LogP contribution in [0.5, 0.6) is 0 Å². The maximum atomic E-state index is 13.7. The summed E-state index contributed by atoms with van der Waals surface area (Å²) in [6.07, 6.45) is 0. The molecule has 0 aliphatic carbocycles. The highest BCUT2D eigenvalue weighted by Gasteiger charge is 2.42. The van der Waals surface area contributed by atoms with Crippen LogP contribution in [0.15, 0.2) is 24.3 Å². The molecular formula is C12H14FNO4S. The Bertz CT molecular complexity index is 602. The van der Waals surface area contributed by atoms with Crippen LogP contribution in [0.4, 0.5) is 4.39 Å². The molecule has 1 aliphatic heterocycles. The molecule has 19 heavy (non-hydrogen) atoms. The lowest BCUT2D eigenvalue weighted by Gasteiger charge is -2.34. The number of nitrogens with one attached hydrogen (secondary N) is 1. The van der Waals surface area contributed by atoms with Crippen LogP contribution >= 0.6 is 0 Å². The van der Waals surface area contributed by atoms with Crippen molar-refractivity contribution in [1.82, 2.24) is 5.32 Å². The number of carboxylic acids is 1. The maximum absolute atomic E-state index is 13.7. The van der Waals surface area contributed by atoms with Crippen molar-refractivity contribution in [2.75, 3.05) is 5.75 Å². The van der Waals surface area contributed by atoms with Crippen molar-refractivity contribution in [3.8, 4) is 0 Å². The van der Waals surface area contributed by atoms with Crippen molar-refractivity contribution < 1.29 is 22.7 Å². The van der Waals surface area contributed by atoms with Gasteiger partial charge in [0.05, 0.1) is 17.0 Å². The predicted molar refractivity (Wildman–Crippen MR) is 66.9 cm³/mol. The van der Waals surface area contributed by atoms with E-state index in [2.05, 4.69) is 5.32 Å². The van der Waals surface area contributed by atoms with Gasteiger partial charge in [0.25, 0.3) is 0 Å². The summed E-state index contributed by atoms with van der Waals surface area (Å²) < 4.78 is 37.7. The van der Waals surface area contributed by atoms with Crippen molar-refractivity contribution >= 4 is 15.8 Å². The van der Waals surface area contributed by atoms with Gasteiger partial charge in [-0.3, -0.25) is 10.1 Å². The van der Waals surface area contributed by atoms with Gasteiger partial charge in [0.15, 0.2) is 9.84 Å². The smallest absolute Gasteiger partial charge is 0.321 e. The van der Waals surface area contributed by atoms with Gasteiger partial charge in [-0.05, 0) is 13.0 Å². The van der Waals surface area contributed by atoms with Crippen molar-refractivity contribution in [3.63, 3.8) is 0 Å². The highest BCUT2D eigenvalue weighted by Crippen LogP contribution is 2.29. The topological polar surface area (TPSA) is 83.5 Å². The van der Waals surface area contributed by atoms with Crippen molar-refractivity contribution in [2.24, 2.45) is 0 Å². The van der Waals surface area contributed by atoms with Crippen molar-refractivity contribution in [3.05, 3.63) is 35.6 Å². The van der Waals surface area contributed by atoms with Crippen LogP contribution in [0.3, 0.4) is 0 Å². The minimum absolute atomic E-state index is 0.171. The Morgan fingerprint density at radius 1 is 1.42 bits per heavy atom. The highest BCUT2D eigenvalue weighted by atomic mass is 32.2. The molecule has 0 spiro atoms. The van der Waals surface area contributed by atoms with E-state index in [0.717, 1.165) is 0 Å². The standard InChI is InChI=1S/C12H14FNO4S/c1-7-11(8-4-2-3-5-9(8)13)14-10(12(15)16)6-19(7,17)18/h2-5,7,10-11,14H,6H2,1H3,(H,15,16). The third-order valence-electron chi connectivity index (χ3n) is 3.35. The van der Waals surface area contributed by atoms with E-state index in [9.17, 15) is 17.6 Å². The van der Waals surface area contributed by atoms with Gasteiger partial charge in [0.1, 0.15) is 11.9 Å². The second-order valence-corrected chi connectivity index (χ2v) is 6.99. The third kappa shape index (κ3) is 2.62. The summed E-state index contributed by atoms with van der Waals surface area (Å²) in [6.45, 7) is 1.46. The van der Waals surface area contributed by atoms with E-state index in [4.69, 9.17) is 5.11 Å². The Balaban J connectivity index is 2.44. The molecule has 1 saturated heterocycles. The molecule has 1 aromatic carbocycles. The number of sulfone groups is 1. The van der Waals surface area contributed by atoms with E-state index in [1.54, 1.807) is 6.07 Å². The van der Waals surface area contributed by atoms with Gasteiger partial charge in [-0.25, -0.2) is 12.8 Å². The van der Waals surface area contributed by atoms with Crippen LogP contribution in [-0.4, -0.2) is 36.5 Å². The van der Waals surface area contributed by atoms with Gasteiger partial charge in [-0.2, -0.15) is 0 Å². The molecule has 3 atom stereocenters. The second-order valence-electron chi connectivity index (χ2n) is 4.59. The van der Waals surface area contributed by atoms with Crippen LogP contribution in [0.25, 0.3) is 0 Å². The van der Waals surface area contributed by atoms with E-state index in [1.165, 1.54) is 25.1 Å². The fraction of sp³-hybridized carbons (Fsp3) is 0.417. The summed E-state index contributed by atoms with van der Waals surface area (Å²) in [4.78, 5) is 11.0. The summed E-state index contributed by atoms with van der Waals surface area (Å²) >= 11 is 0. The van der Waals surface area contributed by atoms with Gasteiger partial charge in [0.2, 0.25) is 0 Å². The van der Waals surface area contributed by atoms with Gasteiger partial charge in [-0.15, -0.1) is 0 Å². The Hall–Kier alpha value is -1.47. The van der Waals surface area contributed by atoms with Gasteiger partial charge in [-0.1, -0.05) is 18.2 Å². The first-order chi connectivity index (χ1) is 8.83. The molecule has 1 heterocycles. The first-order valence-corrected chi connectivity index (χ1v) is 7.49. The molecule has 1 aliphatic rings. The minimum Gasteiger partial charge on any atom is -0.480 e. The number of carboxylic acid groups (broad SMARTS) is 1. The SMILES string of the molecule is CC1C(c2ccccc2F)NC(C(=O)O)CS1(=O)=O. The summed E-state index contributed by atoms with van der Waals surface area (Å²) in [7, 11) is -3.58.